The monoisotopic (exact) mass is 200 g/mol. The number of hydrogen-bond acceptors (Lipinski definition) is 3. The summed E-state index contributed by atoms with van der Waals surface area (Å²) < 4.78 is 5.29. The van der Waals surface area contributed by atoms with Gasteiger partial charge in [0, 0.05) is 6.61 Å². The first kappa shape index (κ1) is 11.5. The van der Waals surface area contributed by atoms with Gasteiger partial charge in [0.05, 0.1) is 5.92 Å². The molecule has 0 saturated heterocycles. The lowest BCUT2D eigenvalue weighted by Crippen LogP contribution is -2.27. The second kappa shape index (κ2) is 4.30. The Morgan fingerprint density at radius 2 is 2.07 bits per heavy atom. The quantitative estimate of drug-likeness (QED) is 0.691. The van der Waals surface area contributed by atoms with Crippen molar-refractivity contribution in [1.82, 2.24) is 0 Å². The smallest absolute Gasteiger partial charge is 0.309 e. The summed E-state index contributed by atoms with van der Waals surface area (Å²) >= 11 is 0. The first-order valence-corrected chi connectivity index (χ1v) is 5.26. The van der Waals surface area contributed by atoms with E-state index in [4.69, 9.17) is 9.84 Å². The molecule has 0 aliphatic heterocycles. The molecule has 2 unspecified atom stereocenters. The normalized spacial score (nSPS) is 27.7. The molecule has 1 N–H and O–H groups in total. The Morgan fingerprint density at radius 1 is 1.43 bits per heavy atom. The molecular weight excluding hydrogens is 180 g/mol. The third kappa shape index (κ3) is 3.29. The summed E-state index contributed by atoms with van der Waals surface area (Å²) in [5.41, 5.74) is -0.394. The van der Waals surface area contributed by atoms with Crippen molar-refractivity contribution in [3.63, 3.8) is 0 Å². The maximum Gasteiger partial charge on any atom is 0.309 e. The molecule has 3 heteroatoms. The van der Waals surface area contributed by atoms with E-state index in [0.29, 0.717) is 5.92 Å². The average molecular weight is 200 g/mol. The van der Waals surface area contributed by atoms with E-state index in [1.54, 1.807) is 0 Å². The number of aliphatic hydroxyl groups excluding tert-OH is 1. The van der Waals surface area contributed by atoms with Crippen LogP contribution in [0.5, 0.6) is 0 Å². The van der Waals surface area contributed by atoms with Gasteiger partial charge in [-0.1, -0.05) is 0 Å². The Morgan fingerprint density at radius 3 is 2.50 bits per heavy atom. The first-order chi connectivity index (χ1) is 6.42. The highest BCUT2D eigenvalue weighted by Crippen LogP contribution is 2.32. The van der Waals surface area contributed by atoms with Gasteiger partial charge < -0.3 is 9.84 Å². The van der Waals surface area contributed by atoms with Crippen LogP contribution in [0, 0.1) is 11.8 Å². The van der Waals surface area contributed by atoms with E-state index in [9.17, 15) is 4.79 Å². The molecule has 1 rings (SSSR count). The SMILES string of the molecule is CC(C)(C)OC(=O)C1CCC(CO)C1. The second-order valence-electron chi connectivity index (χ2n) is 5.09. The molecule has 0 amide bonds. The van der Waals surface area contributed by atoms with Crippen LogP contribution in [0.2, 0.25) is 0 Å². The van der Waals surface area contributed by atoms with Crippen molar-refractivity contribution < 1.29 is 14.6 Å². The minimum Gasteiger partial charge on any atom is -0.460 e. The van der Waals surface area contributed by atoms with Gasteiger partial charge in [0.2, 0.25) is 0 Å². The van der Waals surface area contributed by atoms with E-state index in [1.165, 1.54) is 0 Å². The van der Waals surface area contributed by atoms with Crippen LogP contribution < -0.4 is 0 Å². The van der Waals surface area contributed by atoms with Crippen molar-refractivity contribution in [2.24, 2.45) is 11.8 Å². The van der Waals surface area contributed by atoms with Gasteiger partial charge in [-0.3, -0.25) is 4.79 Å². The summed E-state index contributed by atoms with van der Waals surface area (Å²) in [5, 5.41) is 8.95. The summed E-state index contributed by atoms with van der Waals surface area (Å²) in [7, 11) is 0. The zero-order valence-corrected chi connectivity index (χ0v) is 9.25. The van der Waals surface area contributed by atoms with Crippen LogP contribution in [0.3, 0.4) is 0 Å². The fourth-order valence-corrected chi connectivity index (χ4v) is 1.84. The molecular formula is C11H20O3. The molecule has 1 fully saturated rings. The molecule has 0 aromatic carbocycles. The molecule has 0 aromatic heterocycles. The van der Waals surface area contributed by atoms with Crippen LogP contribution in [0.25, 0.3) is 0 Å². The van der Waals surface area contributed by atoms with Crippen LogP contribution in [-0.2, 0) is 9.53 Å². The van der Waals surface area contributed by atoms with E-state index in [0.717, 1.165) is 19.3 Å². The predicted molar refractivity (Wildman–Crippen MR) is 53.8 cm³/mol. The number of hydrogen-bond donors (Lipinski definition) is 1. The van der Waals surface area contributed by atoms with Crippen LogP contribution in [0.4, 0.5) is 0 Å². The number of carbonyl (C=O) groups is 1. The largest absolute Gasteiger partial charge is 0.460 e. The van der Waals surface area contributed by atoms with Gasteiger partial charge in [0.1, 0.15) is 5.60 Å². The molecule has 0 aromatic rings. The number of aliphatic hydroxyl groups is 1. The number of ether oxygens (including phenoxy) is 1. The summed E-state index contributed by atoms with van der Waals surface area (Å²) in [6.45, 7) is 5.83. The number of carbonyl (C=O) groups excluding carboxylic acids is 1. The minimum atomic E-state index is -0.394. The van der Waals surface area contributed by atoms with Crippen LogP contribution >= 0.6 is 0 Å². The van der Waals surface area contributed by atoms with Crippen molar-refractivity contribution in [2.75, 3.05) is 6.61 Å². The average Bonchev–Trinajstić information content (AvgIpc) is 2.48. The Hall–Kier alpha value is -0.570. The van der Waals surface area contributed by atoms with Crippen LogP contribution in [-0.4, -0.2) is 23.3 Å². The summed E-state index contributed by atoms with van der Waals surface area (Å²) in [5.74, 6) is 0.201. The van der Waals surface area contributed by atoms with E-state index < -0.39 is 5.60 Å². The molecule has 1 aliphatic rings. The molecule has 14 heavy (non-hydrogen) atoms. The van der Waals surface area contributed by atoms with Crippen LogP contribution in [0.1, 0.15) is 40.0 Å². The van der Waals surface area contributed by atoms with Gasteiger partial charge in [0.15, 0.2) is 0 Å². The lowest BCUT2D eigenvalue weighted by molar-refractivity contribution is -0.159. The maximum absolute atomic E-state index is 11.6. The number of rotatable bonds is 2. The molecule has 1 aliphatic carbocycles. The van der Waals surface area contributed by atoms with Crippen molar-refractivity contribution in [1.29, 1.82) is 0 Å². The molecule has 3 nitrogen and oxygen atoms in total. The van der Waals surface area contributed by atoms with E-state index in [2.05, 4.69) is 0 Å². The fraction of sp³-hybridized carbons (Fsp3) is 0.909. The van der Waals surface area contributed by atoms with Gasteiger partial charge in [-0.15, -0.1) is 0 Å². The lowest BCUT2D eigenvalue weighted by Gasteiger charge is -2.22. The minimum absolute atomic E-state index is 0.00590. The van der Waals surface area contributed by atoms with Crippen molar-refractivity contribution >= 4 is 5.97 Å². The van der Waals surface area contributed by atoms with Crippen LogP contribution in [0.15, 0.2) is 0 Å². The van der Waals surface area contributed by atoms with Gasteiger partial charge in [-0.2, -0.15) is 0 Å². The molecule has 0 spiro atoms. The van der Waals surface area contributed by atoms with Gasteiger partial charge in [0.25, 0.3) is 0 Å². The Labute approximate surface area is 85.5 Å². The lowest BCUT2D eigenvalue weighted by atomic mass is 10.1. The van der Waals surface area contributed by atoms with E-state index in [1.807, 2.05) is 20.8 Å². The Bertz CT molecular complexity index is 205. The number of esters is 1. The standard InChI is InChI=1S/C11H20O3/c1-11(2,3)14-10(13)9-5-4-8(6-9)7-12/h8-9,12H,4-7H2,1-3H3. The second-order valence-corrected chi connectivity index (χ2v) is 5.09. The highest BCUT2D eigenvalue weighted by atomic mass is 16.6. The predicted octanol–water partition coefficient (Wildman–Crippen LogP) is 1.74. The Kier molecular flexibility index (Phi) is 3.53. The third-order valence-electron chi connectivity index (χ3n) is 2.54. The molecule has 0 radical (unpaired) electrons. The fourth-order valence-electron chi connectivity index (χ4n) is 1.84. The summed E-state index contributed by atoms with van der Waals surface area (Å²) in [6, 6.07) is 0. The zero-order chi connectivity index (χ0) is 10.8. The van der Waals surface area contributed by atoms with E-state index >= 15 is 0 Å². The highest BCUT2D eigenvalue weighted by Gasteiger charge is 2.32. The van der Waals surface area contributed by atoms with Crippen molar-refractivity contribution in [2.45, 2.75) is 45.6 Å². The van der Waals surface area contributed by atoms with Gasteiger partial charge >= 0.3 is 5.97 Å². The molecule has 2 atom stereocenters. The summed E-state index contributed by atoms with van der Waals surface area (Å²) in [6.07, 6.45) is 2.59. The first-order valence-electron chi connectivity index (χ1n) is 5.26. The summed E-state index contributed by atoms with van der Waals surface area (Å²) in [4.78, 5) is 11.6. The third-order valence-corrected chi connectivity index (χ3v) is 2.54. The zero-order valence-electron chi connectivity index (χ0n) is 9.25. The van der Waals surface area contributed by atoms with Crippen molar-refractivity contribution in [3.8, 4) is 0 Å². The van der Waals surface area contributed by atoms with Crippen molar-refractivity contribution in [3.05, 3.63) is 0 Å². The molecule has 1 saturated carbocycles. The maximum atomic E-state index is 11.6. The molecule has 0 bridgehead atoms. The Balaban J connectivity index is 2.40. The van der Waals surface area contributed by atoms with Gasteiger partial charge in [-0.05, 0) is 46.0 Å². The molecule has 0 heterocycles. The topological polar surface area (TPSA) is 46.5 Å². The highest BCUT2D eigenvalue weighted by molar-refractivity contribution is 5.73. The van der Waals surface area contributed by atoms with Gasteiger partial charge in [-0.25, -0.2) is 0 Å². The van der Waals surface area contributed by atoms with E-state index in [-0.39, 0.29) is 18.5 Å². The molecule has 82 valence electrons.